The Kier molecular flexibility index (Phi) is 4.35. The highest BCUT2D eigenvalue weighted by Crippen LogP contribution is 2.28. The summed E-state index contributed by atoms with van der Waals surface area (Å²) in [6.07, 6.45) is 5.57. The second kappa shape index (κ2) is 7.16. The molecule has 0 bridgehead atoms. The highest BCUT2D eigenvalue weighted by atomic mass is 16.1. The van der Waals surface area contributed by atoms with E-state index in [-0.39, 0.29) is 11.6 Å². The predicted octanol–water partition coefficient (Wildman–Crippen LogP) is 2.86. The van der Waals surface area contributed by atoms with Crippen LogP contribution in [0.3, 0.4) is 0 Å². The molecule has 1 atom stereocenters. The highest BCUT2D eigenvalue weighted by Gasteiger charge is 2.29. The molecular weight excluding hydrogens is 364 g/mol. The first-order valence-corrected chi connectivity index (χ1v) is 9.87. The molecule has 29 heavy (non-hydrogen) atoms. The number of fused-ring (bicyclic) bond motifs is 1. The molecule has 4 aromatic rings. The van der Waals surface area contributed by atoms with Crippen LogP contribution in [0.1, 0.15) is 12.8 Å². The van der Waals surface area contributed by atoms with E-state index in [2.05, 4.69) is 25.6 Å². The zero-order chi connectivity index (χ0) is 19.8. The topological polar surface area (TPSA) is 68.8 Å². The number of pyridine rings is 1. The number of rotatable bonds is 4. The summed E-state index contributed by atoms with van der Waals surface area (Å²) in [6.45, 7) is 1.47. The molecule has 3 aromatic heterocycles. The Morgan fingerprint density at radius 1 is 1.10 bits per heavy atom. The van der Waals surface area contributed by atoms with Crippen LogP contribution in [0.25, 0.3) is 22.3 Å². The van der Waals surface area contributed by atoms with Crippen LogP contribution < -0.4 is 10.5 Å². The maximum absolute atomic E-state index is 12.5. The number of aromatic nitrogens is 5. The molecule has 1 unspecified atom stereocenters. The minimum Gasteiger partial charge on any atom is -0.337 e. The van der Waals surface area contributed by atoms with Crippen LogP contribution in [0, 0.1) is 0 Å². The normalized spacial score (nSPS) is 16.6. The van der Waals surface area contributed by atoms with Crippen molar-refractivity contribution in [3.05, 3.63) is 71.3 Å². The molecule has 0 N–H and O–H groups in total. The average Bonchev–Trinajstić information content (AvgIpc) is 3.34. The maximum atomic E-state index is 12.5. The molecule has 0 saturated carbocycles. The first-order valence-electron chi connectivity index (χ1n) is 9.87. The van der Waals surface area contributed by atoms with Crippen molar-refractivity contribution in [2.45, 2.75) is 25.4 Å². The summed E-state index contributed by atoms with van der Waals surface area (Å²) in [6, 6.07) is 15.5. The molecule has 1 aromatic carbocycles. The number of benzene rings is 1. The van der Waals surface area contributed by atoms with Crippen LogP contribution in [-0.4, -0.2) is 36.9 Å². The monoisotopic (exact) mass is 386 g/mol. The van der Waals surface area contributed by atoms with Crippen molar-refractivity contribution < 1.29 is 0 Å². The van der Waals surface area contributed by atoms with Crippen molar-refractivity contribution >= 4 is 17.0 Å². The van der Waals surface area contributed by atoms with Gasteiger partial charge in [0, 0.05) is 37.6 Å². The third-order valence-corrected chi connectivity index (χ3v) is 5.61. The first kappa shape index (κ1) is 17.6. The largest absolute Gasteiger partial charge is 0.337 e. The standard InChI is InChI=1S/C22H22N6O/c1-26-20-9-3-2-8-19(20)24-22(26)27-13-5-7-17(27)15-28-21(29)11-10-18(25-28)16-6-4-12-23-14-16/h2-4,6,8-12,14,17H,5,7,13,15H2,1H3. The van der Waals surface area contributed by atoms with Gasteiger partial charge < -0.3 is 9.47 Å². The van der Waals surface area contributed by atoms with Crippen LogP contribution in [0.5, 0.6) is 0 Å². The van der Waals surface area contributed by atoms with E-state index in [0.717, 1.165) is 47.6 Å². The van der Waals surface area contributed by atoms with Crippen LogP contribution in [0.2, 0.25) is 0 Å². The molecule has 0 radical (unpaired) electrons. The van der Waals surface area contributed by atoms with Gasteiger partial charge in [0.2, 0.25) is 5.95 Å². The van der Waals surface area contributed by atoms with Crippen molar-refractivity contribution in [1.29, 1.82) is 0 Å². The SMILES string of the molecule is Cn1c(N2CCCC2Cn2nc(-c3cccnc3)ccc2=O)nc2ccccc21. The lowest BCUT2D eigenvalue weighted by Crippen LogP contribution is -2.38. The zero-order valence-electron chi connectivity index (χ0n) is 16.3. The average molecular weight is 386 g/mol. The van der Waals surface area contributed by atoms with Gasteiger partial charge in [0.25, 0.3) is 5.56 Å². The lowest BCUT2D eigenvalue weighted by molar-refractivity contribution is 0.485. The van der Waals surface area contributed by atoms with Gasteiger partial charge in [0.05, 0.1) is 29.3 Å². The van der Waals surface area contributed by atoms with Crippen LogP contribution in [0.15, 0.2) is 65.7 Å². The van der Waals surface area contributed by atoms with E-state index in [0.29, 0.717) is 6.54 Å². The third kappa shape index (κ3) is 3.18. The summed E-state index contributed by atoms with van der Waals surface area (Å²) in [5.41, 5.74) is 3.67. The molecule has 146 valence electrons. The Balaban J connectivity index is 1.47. The second-order valence-corrected chi connectivity index (χ2v) is 7.43. The number of hydrogen-bond donors (Lipinski definition) is 0. The molecular formula is C22H22N6O. The van der Waals surface area contributed by atoms with E-state index in [1.807, 2.05) is 37.4 Å². The molecule has 7 heteroatoms. The molecule has 1 aliphatic rings. The van der Waals surface area contributed by atoms with E-state index in [9.17, 15) is 4.79 Å². The third-order valence-electron chi connectivity index (χ3n) is 5.61. The summed E-state index contributed by atoms with van der Waals surface area (Å²) >= 11 is 0. The molecule has 0 amide bonds. The Hall–Kier alpha value is -3.48. The van der Waals surface area contributed by atoms with Crippen molar-refractivity contribution in [2.24, 2.45) is 7.05 Å². The minimum atomic E-state index is -0.0884. The van der Waals surface area contributed by atoms with Gasteiger partial charge in [0.1, 0.15) is 0 Å². The van der Waals surface area contributed by atoms with Crippen molar-refractivity contribution in [3.63, 3.8) is 0 Å². The smallest absolute Gasteiger partial charge is 0.266 e. The Morgan fingerprint density at radius 2 is 2.00 bits per heavy atom. The molecule has 1 aliphatic heterocycles. The van der Waals surface area contributed by atoms with Gasteiger partial charge in [-0.25, -0.2) is 9.67 Å². The fraction of sp³-hybridized carbons (Fsp3) is 0.273. The van der Waals surface area contributed by atoms with E-state index in [1.54, 1.807) is 29.2 Å². The van der Waals surface area contributed by atoms with Crippen molar-refractivity contribution in [3.8, 4) is 11.3 Å². The molecule has 0 spiro atoms. The van der Waals surface area contributed by atoms with Crippen LogP contribution >= 0.6 is 0 Å². The van der Waals surface area contributed by atoms with E-state index >= 15 is 0 Å². The number of para-hydroxylation sites is 2. The lowest BCUT2D eigenvalue weighted by atomic mass is 10.2. The van der Waals surface area contributed by atoms with Crippen molar-refractivity contribution in [2.75, 3.05) is 11.4 Å². The lowest BCUT2D eigenvalue weighted by Gasteiger charge is -2.26. The van der Waals surface area contributed by atoms with Gasteiger partial charge in [-0.2, -0.15) is 5.10 Å². The summed E-state index contributed by atoms with van der Waals surface area (Å²) in [5, 5.41) is 4.61. The minimum absolute atomic E-state index is 0.0884. The summed E-state index contributed by atoms with van der Waals surface area (Å²) in [4.78, 5) is 23.8. The fourth-order valence-corrected chi connectivity index (χ4v) is 4.13. The Labute approximate surface area is 168 Å². The fourth-order valence-electron chi connectivity index (χ4n) is 4.13. The number of aryl methyl sites for hydroxylation is 1. The molecule has 4 heterocycles. The summed E-state index contributed by atoms with van der Waals surface area (Å²) in [7, 11) is 2.05. The van der Waals surface area contributed by atoms with Gasteiger partial charge in [-0.05, 0) is 43.2 Å². The van der Waals surface area contributed by atoms with Crippen molar-refractivity contribution in [1.82, 2.24) is 24.3 Å². The highest BCUT2D eigenvalue weighted by molar-refractivity contribution is 5.78. The van der Waals surface area contributed by atoms with Crippen LogP contribution in [-0.2, 0) is 13.6 Å². The van der Waals surface area contributed by atoms with E-state index in [4.69, 9.17) is 4.98 Å². The molecule has 1 fully saturated rings. The Morgan fingerprint density at radius 3 is 2.83 bits per heavy atom. The first-order chi connectivity index (χ1) is 14.2. The van der Waals surface area contributed by atoms with Gasteiger partial charge in [0.15, 0.2) is 0 Å². The Bertz CT molecular complexity index is 1210. The predicted molar refractivity (Wildman–Crippen MR) is 113 cm³/mol. The number of imidazole rings is 1. The molecule has 5 rings (SSSR count). The second-order valence-electron chi connectivity index (χ2n) is 7.43. The van der Waals surface area contributed by atoms with E-state index < -0.39 is 0 Å². The summed E-state index contributed by atoms with van der Waals surface area (Å²) in [5.74, 6) is 0.949. The molecule has 7 nitrogen and oxygen atoms in total. The summed E-state index contributed by atoms with van der Waals surface area (Å²) < 4.78 is 3.71. The number of anilines is 1. The van der Waals surface area contributed by atoms with Gasteiger partial charge in [-0.1, -0.05) is 12.1 Å². The molecule has 1 saturated heterocycles. The van der Waals surface area contributed by atoms with Gasteiger partial charge in [-0.15, -0.1) is 0 Å². The molecule has 0 aliphatic carbocycles. The van der Waals surface area contributed by atoms with E-state index in [1.165, 1.54) is 0 Å². The number of nitrogens with zero attached hydrogens (tertiary/aromatic N) is 6. The van der Waals surface area contributed by atoms with Gasteiger partial charge in [-0.3, -0.25) is 9.78 Å². The zero-order valence-corrected chi connectivity index (χ0v) is 16.3. The van der Waals surface area contributed by atoms with Gasteiger partial charge >= 0.3 is 0 Å². The quantitative estimate of drug-likeness (QED) is 0.539. The van der Waals surface area contributed by atoms with Crippen LogP contribution in [0.4, 0.5) is 5.95 Å². The maximum Gasteiger partial charge on any atom is 0.266 e. The number of hydrogen-bond acceptors (Lipinski definition) is 5.